The standard InChI is InChI=1S/C37H42ClN3O5S/c1-26-16-19-31(20-17-26)47(44,45)41(32-23-30(38)18-21-34(32)46-6)25-35(42)40(24-29-15-11-10-12-27(29)2)33(36(43)39-37(3,4)5)22-28-13-8-7-9-14-28/h7-21,23,33H,22,24-25H2,1-6H3,(H,39,43)/t33-/m0/s1. The highest BCUT2D eigenvalue weighted by atomic mass is 35.5. The van der Waals surface area contributed by atoms with Crippen LogP contribution in [0.5, 0.6) is 5.75 Å². The summed E-state index contributed by atoms with van der Waals surface area (Å²) in [6.07, 6.45) is 0.214. The third-order valence-electron chi connectivity index (χ3n) is 7.67. The Balaban J connectivity index is 1.88. The Kier molecular flexibility index (Phi) is 11.4. The second-order valence-electron chi connectivity index (χ2n) is 12.5. The van der Waals surface area contributed by atoms with E-state index in [9.17, 15) is 18.0 Å². The molecule has 0 saturated heterocycles. The van der Waals surface area contributed by atoms with Gasteiger partial charge in [-0.1, -0.05) is 83.9 Å². The number of ether oxygens (including phenoxy) is 1. The summed E-state index contributed by atoms with van der Waals surface area (Å²) in [5, 5.41) is 3.31. The number of hydrogen-bond acceptors (Lipinski definition) is 5. The van der Waals surface area contributed by atoms with Crippen LogP contribution in [0.2, 0.25) is 5.02 Å². The van der Waals surface area contributed by atoms with E-state index in [1.165, 1.54) is 30.2 Å². The average Bonchev–Trinajstić information content (AvgIpc) is 3.02. The highest BCUT2D eigenvalue weighted by molar-refractivity contribution is 7.92. The number of rotatable bonds is 12. The number of nitrogens with one attached hydrogen (secondary N) is 1. The number of halogens is 1. The third kappa shape index (κ3) is 9.14. The zero-order valence-corrected chi connectivity index (χ0v) is 29.2. The van der Waals surface area contributed by atoms with Crippen LogP contribution in [-0.2, 0) is 32.6 Å². The van der Waals surface area contributed by atoms with Crippen LogP contribution in [-0.4, -0.2) is 50.4 Å². The van der Waals surface area contributed by atoms with Gasteiger partial charge in [-0.05, 0) is 81.6 Å². The molecule has 0 fully saturated rings. The predicted octanol–water partition coefficient (Wildman–Crippen LogP) is 6.72. The number of anilines is 1. The van der Waals surface area contributed by atoms with Gasteiger partial charge in [-0.15, -0.1) is 0 Å². The normalized spacial score (nSPS) is 12.2. The first-order valence-corrected chi connectivity index (χ1v) is 17.1. The molecule has 0 aliphatic heterocycles. The van der Waals surface area contributed by atoms with Gasteiger partial charge in [0.2, 0.25) is 11.8 Å². The summed E-state index contributed by atoms with van der Waals surface area (Å²) in [5.74, 6) is -0.706. The van der Waals surface area contributed by atoms with Crippen LogP contribution in [0, 0.1) is 13.8 Å². The van der Waals surface area contributed by atoms with Crippen molar-refractivity contribution in [3.8, 4) is 5.75 Å². The molecule has 0 radical (unpaired) electrons. The van der Waals surface area contributed by atoms with E-state index in [0.29, 0.717) is 0 Å². The molecule has 4 rings (SSSR count). The molecule has 0 spiro atoms. The van der Waals surface area contributed by atoms with Crippen molar-refractivity contribution >= 4 is 39.1 Å². The minimum absolute atomic E-state index is 0.00491. The summed E-state index contributed by atoms with van der Waals surface area (Å²) in [5.41, 5.74) is 3.01. The molecule has 8 nitrogen and oxygen atoms in total. The lowest BCUT2D eigenvalue weighted by molar-refractivity contribution is -0.140. The Morgan fingerprint density at radius 1 is 0.894 bits per heavy atom. The number of nitrogens with zero attached hydrogens (tertiary/aromatic N) is 2. The van der Waals surface area contributed by atoms with Crippen LogP contribution in [0.4, 0.5) is 5.69 Å². The van der Waals surface area contributed by atoms with E-state index in [1.54, 1.807) is 24.3 Å². The Morgan fingerprint density at radius 2 is 1.53 bits per heavy atom. The molecule has 10 heteroatoms. The fraction of sp³-hybridized carbons (Fsp3) is 0.297. The first-order valence-electron chi connectivity index (χ1n) is 15.3. The molecule has 1 N–H and O–H groups in total. The monoisotopic (exact) mass is 675 g/mol. The molecule has 0 aliphatic rings. The average molecular weight is 676 g/mol. The van der Waals surface area contributed by atoms with Crippen LogP contribution in [0.1, 0.15) is 43.0 Å². The maximum atomic E-state index is 14.7. The van der Waals surface area contributed by atoms with E-state index in [2.05, 4.69) is 5.32 Å². The molecular formula is C37H42ClN3O5S. The van der Waals surface area contributed by atoms with Gasteiger partial charge in [-0.25, -0.2) is 8.42 Å². The zero-order valence-electron chi connectivity index (χ0n) is 27.7. The van der Waals surface area contributed by atoms with E-state index in [4.69, 9.17) is 16.3 Å². The summed E-state index contributed by atoms with van der Waals surface area (Å²) in [6.45, 7) is 8.87. The van der Waals surface area contributed by atoms with Gasteiger partial charge in [-0.2, -0.15) is 0 Å². The molecule has 248 valence electrons. The molecule has 0 heterocycles. The van der Waals surface area contributed by atoms with E-state index < -0.39 is 34.1 Å². The van der Waals surface area contributed by atoms with Gasteiger partial charge in [0.05, 0.1) is 17.7 Å². The molecule has 47 heavy (non-hydrogen) atoms. The number of methoxy groups -OCH3 is 1. The summed E-state index contributed by atoms with van der Waals surface area (Å²) in [7, 11) is -2.90. The quantitative estimate of drug-likeness (QED) is 0.180. The summed E-state index contributed by atoms with van der Waals surface area (Å²) >= 11 is 6.38. The van der Waals surface area contributed by atoms with Gasteiger partial charge in [0.15, 0.2) is 0 Å². The number of sulfonamides is 1. The first kappa shape index (κ1) is 35.5. The highest BCUT2D eigenvalue weighted by Gasteiger charge is 2.36. The van der Waals surface area contributed by atoms with Crippen molar-refractivity contribution in [2.24, 2.45) is 0 Å². The molecule has 2 amide bonds. The molecule has 0 aliphatic carbocycles. The van der Waals surface area contributed by atoms with Crippen LogP contribution >= 0.6 is 11.6 Å². The smallest absolute Gasteiger partial charge is 0.264 e. The number of carbonyl (C=O) groups is 2. The van der Waals surface area contributed by atoms with Crippen molar-refractivity contribution in [1.82, 2.24) is 10.2 Å². The molecule has 0 unspecified atom stereocenters. The van der Waals surface area contributed by atoms with Crippen molar-refractivity contribution in [3.63, 3.8) is 0 Å². The molecule has 1 atom stereocenters. The van der Waals surface area contributed by atoms with Crippen molar-refractivity contribution in [2.45, 2.75) is 64.1 Å². The van der Waals surface area contributed by atoms with Gasteiger partial charge in [0.1, 0.15) is 18.3 Å². The number of aryl methyl sites for hydroxylation is 2. The van der Waals surface area contributed by atoms with Gasteiger partial charge < -0.3 is 15.0 Å². The largest absolute Gasteiger partial charge is 0.495 e. The number of benzene rings is 4. The SMILES string of the molecule is COc1ccc(Cl)cc1N(CC(=O)N(Cc1ccccc1C)[C@@H](Cc1ccccc1)C(=O)NC(C)(C)C)S(=O)(=O)c1ccc(C)cc1. The van der Waals surface area contributed by atoms with Crippen LogP contribution in [0.15, 0.2) is 102 Å². The maximum absolute atomic E-state index is 14.7. The maximum Gasteiger partial charge on any atom is 0.264 e. The van der Waals surface area contributed by atoms with Gasteiger partial charge in [-0.3, -0.25) is 13.9 Å². The highest BCUT2D eigenvalue weighted by Crippen LogP contribution is 2.35. The van der Waals surface area contributed by atoms with Gasteiger partial charge in [0.25, 0.3) is 10.0 Å². The molecule has 4 aromatic carbocycles. The predicted molar refractivity (Wildman–Crippen MR) is 187 cm³/mol. The number of carbonyl (C=O) groups excluding carboxylic acids is 2. The lowest BCUT2D eigenvalue weighted by Crippen LogP contribution is -2.56. The Morgan fingerprint density at radius 3 is 2.15 bits per heavy atom. The van der Waals surface area contributed by atoms with Crippen LogP contribution < -0.4 is 14.4 Å². The summed E-state index contributed by atoms with van der Waals surface area (Å²) in [4.78, 5) is 30.3. The number of hydrogen-bond donors (Lipinski definition) is 1. The zero-order chi connectivity index (χ0) is 34.4. The first-order chi connectivity index (χ1) is 22.2. The molecular weight excluding hydrogens is 634 g/mol. The lowest BCUT2D eigenvalue weighted by atomic mass is 10.00. The summed E-state index contributed by atoms with van der Waals surface area (Å²) in [6, 6.07) is 27.1. The fourth-order valence-corrected chi connectivity index (χ4v) is 6.77. The van der Waals surface area contributed by atoms with E-state index in [0.717, 1.165) is 26.6 Å². The fourth-order valence-electron chi connectivity index (χ4n) is 5.19. The molecule has 4 aromatic rings. The minimum Gasteiger partial charge on any atom is -0.495 e. The van der Waals surface area contributed by atoms with E-state index in [1.807, 2.05) is 89.2 Å². The van der Waals surface area contributed by atoms with Crippen LogP contribution in [0.3, 0.4) is 0 Å². The van der Waals surface area contributed by atoms with E-state index in [-0.39, 0.29) is 40.2 Å². The van der Waals surface area contributed by atoms with Crippen molar-refractivity contribution in [1.29, 1.82) is 0 Å². The van der Waals surface area contributed by atoms with Gasteiger partial charge in [0, 0.05) is 23.5 Å². The van der Waals surface area contributed by atoms with Gasteiger partial charge >= 0.3 is 0 Å². The Labute approximate surface area is 283 Å². The topological polar surface area (TPSA) is 96.0 Å². The van der Waals surface area contributed by atoms with Crippen molar-refractivity contribution in [2.75, 3.05) is 18.0 Å². The molecule has 0 saturated carbocycles. The Bertz CT molecular complexity index is 1810. The molecule has 0 bridgehead atoms. The number of amides is 2. The minimum atomic E-state index is -4.32. The van der Waals surface area contributed by atoms with Crippen molar-refractivity contribution in [3.05, 3.63) is 124 Å². The van der Waals surface area contributed by atoms with E-state index >= 15 is 0 Å². The second-order valence-corrected chi connectivity index (χ2v) is 14.8. The van der Waals surface area contributed by atoms with Crippen LogP contribution in [0.25, 0.3) is 0 Å². The second kappa shape index (κ2) is 15.0. The molecule has 0 aromatic heterocycles. The van der Waals surface area contributed by atoms with Crippen molar-refractivity contribution < 1.29 is 22.7 Å². The third-order valence-corrected chi connectivity index (χ3v) is 9.68. The Hall–Kier alpha value is -4.34. The summed E-state index contributed by atoms with van der Waals surface area (Å²) < 4.78 is 35.3. The lowest BCUT2D eigenvalue weighted by Gasteiger charge is -2.35.